The van der Waals surface area contributed by atoms with Crippen LogP contribution in [0.25, 0.3) is 0 Å². The molecule has 28 heavy (non-hydrogen) atoms. The van der Waals surface area contributed by atoms with E-state index in [2.05, 4.69) is 52.3 Å². The molecule has 0 aliphatic rings. The highest BCUT2D eigenvalue weighted by Crippen LogP contribution is 2.35. The summed E-state index contributed by atoms with van der Waals surface area (Å²) in [6.45, 7) is 1.40. The summed E-state index contributed by atoms with van der Waals surface area (Å²) in [5.41, 5.74) is 12.6. The van der Waals surface area contributed by atoms with Crippen LogP contribution in [-0.2, 0) is 17.6 Å². The van der Waals surface area contributed by atoms with Crippen LogP contribution in [0.15, 0.2) is 32.4 Å². The summed E-state index contributed by atoms with van der Waals surface area (Å²) in [5.74, 6) is 0.527. The van der Waals surface area contributed by atoms with Crippen LogP contribution in [0.1, 0.15) is 17.7 Å². The fraction of sp³-hybridized carbons (Fsp3) is 0.353. The van der Waals surface area contributed by atoms with Gasteiger partial charge in [-0.3, -0.25) is 4.79 Å². The van der Waals surface area contributed by atoms with Crippen molar-refractivity contribution < 1.29 is 14.7 Å². The van der Waals surface area contributed by atoms with Crippen molar-refractivity contribution in [3.05, 3.63) is 38.5 Å². The number of aromatic nitrogens is 2. The minimum Gasteiger partial charge on any atom is -0.491 e. The molecular weight excluding hydrogens is 496 g/mol. The molecule has 1 aromatic heterocycles. The Bertz CT molecular complexity index is 817. The standard InChI is InChI=1S/C17H22Br2N6O3/c18-12-6-10(7-13(19)15(12)28-5-1-3-20)8-14(25-27)16(26)22-4-2-11-9-23-17(21)24-11/h6-7,9,27H,1-5,8,20H2,(H,22,26)(H3,21,23,24)/b25-14+. The summed E-state index contributed by atoms with van der Waals surface area (Å²) in [7, 11) is 0. The lowest BCUT2D eigenvalue weighted by molar-refractivity contribution is -0.115. The van der Waals surface area contributed by atoms with Gasteiger partial charge in [-0.2, -0.15) is 0 Å². The summed E-state index contributed by atoms with van der Waals surface area (Å²) in [4.78, 5) is 19.0. The highest BCUT2D eigenvalue weighted by molar-refractivity contribution is 9.11. The zero-order valence-electron chi connectivity index (χ0n) is 15.0. The van der Waals surface area contributed by atoms with E-state index >= 15 is 0 Å². The van der Waals surface area contributed by atoms with Crippen molar-refractivity contribution in [3.63, 3.8) is 0 Å². The molecule has 0 saturated carbocycles. The molecule has 0 atom stereocenters. The molecule has 0 saturated heterocycles. The molecule has 2 rings (SSSR count). The third kappa shape index (κ3) is 6.50. The van der Waals surface area contributed by atoms with Crippen molar-refractivity contribution >= 4 is 49.4 Å². The van der Waals surface area contributed by atoms with Gasteiger partial charge >= 0.3 is 0 Å². The Morgan fingerprint density at radius 2 is 2.07 bits per heavy atom. The summed E-state index contributed by atoms with van der Waals surface area (Å²) in [6, 6.07) is 3.63. The van der Waals surface area contributed by atoms with Crippen LogP contribution >= 0.6 is 31.9 Å². The van der Waals surface area contributed by atoms with Gasteiger partial charge in [0.2, 0.25) is 0 Å². The second-order valence-corrected chi connectivity index (χ2v) is 7.61. The summed E-state index contributed by atoms with van der Waals surface area (Å²) in [6.07, 6.45) is 3.03. The number of ether oxygens (including phenoxy) is 1. The SMILES string of the molecule is NCCCOc1c(Br)cc(C/C(=N\O)C(=O)NCCc2cnc(N)[nH]2)cc1Br. The number of nitrogen functional groups attached to an aromatic ring is 1. The number of carbonyl (C=O) groups excluding carboxylic acids is 1. The van der Waals surface area contributed by atoms with E-state index in [0.717, 1.165) is 26.6 Å². The Balaban J connectivity index is 1.94. The van der Waals surface area contributed by atoms with Crippen molar-refractivity contribution in [2.24, 2.45) is 10.9 Å². The first-order valence-corrected chi connectivity index (χ1v) is 10.1. The maximum absolute atomic E-state index is 12.3. The van der Waals surface area contributed by atoms with E-state index in [-0.39, 0.29) is 12.1 Å². The van der Waals surface area contributed by atoms with Gasteiger partial charge in [0.1, 0.15) is 11.5 Å². The van der Waals surface area contributed by atoms with Crippen LogP contribution in [-0.4, -0.2) is 46.5 Å². The third-order valence-corrected chi connectivity index (χ3v) is 4.91. The van der Waals surface area contributed by atoms with Gasteiger partial charge in [-0.1, -0.05) is 5.16 Å². The topological polar surface area (TPSA) is 152 Å². The number of benzene rings is 1. The molecule has 7 N–H and O–H groups in total. The second-order valence-electron chi connectivity index (χ2n) is 5.90. The van der Waals surface area contributed by atoms with Gasteiger partial charge in [0.05, 0.1) is 21.7 Å². The Morgan fingerprint density at radius 1 is 1.36 bits per heavy atom. The first-order chi connectivity index (χ1) is 13.4. The Morgan fingerprint density at radius 3 is 2.64 bits per heavy atom. The molecule has 152 valence electrons. The van der Waals surface area contributed by atoms with Crippen molar-refractivity contribution in [3.8, 4) is 5.75 Å². The number of carbonyl (C=O) groups is 1. The van der Waals surface area contributed by atoms with Crippen LogP contribution in [0.3, 0.4) is 0 Å². The highest BCUT2D eigenvalue weighted by Gasteiger charge is 2.16. The van der Waals surface area contributed by atoms with Crippen molar-refractivity contribution in [2.75, 3.05) is 25.4 Å². The lowest BCUT2D eigenvalue weighted by atomic mass is 10.1. The number of nitrogens with zero attached hydrogens (tertiary/aromatic N) is 2. The number of imidazole rings is 1. The molecule has 0 radical (unpaired) electrons. The quantitative estimate of drug-likeness (QED) is 0.141. The van der Waals surface area contributed by atoms with Gasteiger partial charge < -0.3 is 31.7 Å². The molecule has 0 bridgehead atoms. The molecule has 1 amide bonds. The van der Waals surface area contributed by atoms with E-state index in [1.807, 2.05) is 12.1 Å². The van der Waals surface area contributed by atoms with Crippen molar-refractivity contribution in [1.82, 2.24) is 15.3 Å². The van der Waals surface area contributed by atoms with E-state index < -0.39 is 5.91 Å². The number of oxime groups is 1. The second kappa shape index (κ2) is 11.0. The van der Waals surface area contributed by atoms with Crippen LogP contribution in [0, 0.1) is 0 Å². The predicted molar refractivity (Wildman–Crippen MR) is 114 cm³/mol. The number of hydrogen-bond donors (Lipinski definition) is 5. The molecule has 0 unspecified atom stereocenters. The Hall–Kier alpha value is -2.11. The number of hydrogen-bond acceptors (Lipinski definition) is 7. The number of H-pyrrole nitrogens is 1. The van der Waals surface area contributed by atoms with Crippen LogP contribution in [0.5, 0.6) is 5.75 Å². The summed E-state index contributed by atoms with van der Waals surface area (Å²) in [5, 5.41) is 15.1. The molecule has 1 heterocycles. The first kappa shape index (κ1) is 22.2. The predicted octanol–water partition coefficient (Wildman–Crippen LogP) is 1.98. The van der Waals surface area contributed by atoms with Crippen molar-refractivity contribution in [1.29, 1.82) is 0 Å². The fourth-order valence-corrected chi connectivity index (χ4v) is 3.89. The van der Waals surface area contributed by atoms with Gasteiger partial charge in [-0.25, -0.2) is 4.98 Å². The average Bonchev–Trinajstić information content (AvgIpc) is 3.07. The number of amides is 1. The maximum Gasteiger partial charge on any atom is 0.269 e. The highest BCUT2D eigenvalue weighted by atomic mass is 79.9. The lowest BCUT2D eigenvalue weighted by Gasteiger charge is -2.12. The molecular formula is C17H22Br2N6O3. The minimum absolute atomic E-state index is 0.000255. The summed E-state index contributed by atoms with van der Waals surface area (Å²) >= 11 is 6.92. The minimum atomic E-state index is -0.453. The zero-order valence-corrected chi connectivity index (χ0v) is 18.2. The van der Waals surface area contributed by atoms with E-state index in [1.165, 1.54) is 0 Å². The van der Waals surface area contributed by atoms with E-state index in [0.29, 0.717) is 37.8 Å². The molecule has 0 aliphatic carbocycles. The van der Waals surface area contributed by atoms with Crippen LogP contribution in [0.2, 0.25) is 0 Å². The molecule has 9 nitrogen and oxygen atoms in total. The first-order valence-electron chi connectivity index (χ1n) is 8.53. The van der Waals surface area contributed by atoms with Crippen LogP contribution in [0.4, 0.5) is 5.95 Å². The number of halogens is 2. The third-order valence-electron chi connectivity index (χ3n) is 3.74. The van der Waals surface area contributed by atoms with Gasteiger partial charge in [-0.05, 0) is 62.5 Å². The molecule has 2 aromatic rings. The molecule has 0 fully saturated rings. The number of anilines is 1. The normalized spacial score (nSPS) is 11.5. The number of nitrogens with two attached hydrogens (primary N) is 2. The Labute approximate surface area is 179 Å². The molecule has 0 aliphatic heterocycles. The monoisotopic (exact) mass is 516 g/mol. The molecule has 0 spiro atoms. The van der Waals surface area contributed by atoms with Gasteiger partial charge in [-0.15, -0.1) is 0 Å². The van der Waals surface area contributed by atoms with E-state index in [4.69, 9.17) is 16.2 Å². The maximum atomic E-state index is 12.3. The molecule has 1 aromatic carbocycles. The van der Waals surface area contributed by atoms with Gasteiger partial charge in [0.15, 0.2) is 5.95 Å². The van der Waals surface area contributed by atoms with Gasteiger partial charge in [0.25, 0.3) is 5.91 Å². The van der Waals surface area contributed by atoms with E-state index in [9.17, 15) is 10.0 Å². The van der Waals surface area contributed by atoms with Crippen LogP contribution < -0.4 is 21.5 Å². The van der Waals surface area contributed by atoms with Gasteiger partial charge in [0, 0.05) is 25.1 Å². The lowest BCUT2D eigenvalue weighted by Crippen LogP contribution is -2.33. The summed E-state index contributed by atoms with van der Waals surface area (Å²) < 4.78 is 7.14. The number of rotatable bonds is 10. The smallest absolute Gasteiger partial charge is 0.269 e. The Kier molecular flexibility index (Phi) is 8.74. The number of nitrogens with one attached hydrogen (secondary N) is 2. The largest absolute Gasteiger partial charge is 0.491 e. The average molecular weight is 518 g/mol. The van der Waals surface area contributed by atoms with Crippen molar-refractivity contribution in [2.45, 2.75) is 19.3 Å². The zero-order chi connectivity index (χ0) is 20.5. The molecule has 11 heteroatoms. The number of aromatic amines is 1. The fourth-order valence-electron chi connectivity index (χ4n) is 2.38. The van der Waals surface area contributed by atoms with E-state index in [1.54, 1.807) is 6.20 Å².